The van der Waals surface area contributed by atoms with E-state index < -0.39 is 47.5 Å². The molecule has 0 saturated carbocycles. The summed E-state index contributed by atoms with van der Waals surface area (Å²) in [5.41, 5.74) is 6.65. The minimum Gasteiger partial charge on any atom is -0.457 e. The lowest BCUT2D eigenvalue weighted by atomic mass is 9.80. The van der Waals surface area contributed by atoms with E-state index >= 15 is 28.8 Å². The van der Waals surface area contributed by atoms with E-state index in [1.807, 2.05) is 158 Å². The third-order valence-electron chi connectivity index (χ3n) is 23.4. The molecule has 20 heteroatoms. The molecule has 19 rings (SSSR count). The van der Waals surface area contributed by atoms with Gasteiger partial charge in [-0.25, -0.2) is 0 Å². The van der Waals surface area contributed by atoms with Crippen molar-refractivity contribution in [3.05, 3.63) is 262 Å². The lowest BCUT2D eigenvalue weighted by Crippen LogP contribution is -2.50. The summed E-state index contributed by atoms with van der Waals surface area (Å²) in [6.45, 7) is 19.5. The van der Waals surface area contributed by atoms with Gasteiger partial charge in [-0.1, -0.05) is 165 Å². The van der Waals surface area contributed by atoms with Crippen LogP contribution in [0.25, 0.3) is 87.0 Å². The van der Waals surface area contributed by atoms with Crippen LogP contribution in [0.4, 0.5) is 0 Å². The van der Waals surface area contributed by atoms with Crippen LogP contribution in [-0.4, -0.2) is 104 Å². The quantitative estimate of drug-likeness (QED) is 0.0123. The minimum atomic E-state index is -1.62. The molecule has 118 heavy (non-hydrogen) atoms. The summed E-state index contributed by atoms with van der Waals surface area (Å²) >= 11 is 0. The number of epoxide rings is 1. The highest BCUT2D eigenvalue weighted by Gasteiger charge is 2.48. The number of carbonyl (C=O) groups is 6. The Bertz CT molecular complexity index is 6140. The fourth-order valence-corrected chi connectivity index (χ4v) is 16.9. The summed E-state index contributed by atoms with van der Waals surface area (Å²) in [7, 11) is 0. The number of carbonyl (C=O) groups excluding carboxylic acids is 6. The van der Waals surface area contributed by atoms with E-state index in [0.29, 0.717) is 78.2 Å². The molecule has 4 aliphatic rings. The number of rotatable bonds is 27. The summed E-state index contributed by atoms with van der Waals surface area (Å²) in [4.78, 5) is 101. The van der Waals surface area contributed by atoms with Crippen LogP contribution >= 0.6 is 0 Å². The topological polar surface area (TPSA) is 242 Å². The summed E-state index contributed by atoms with van der Waals surface area (Å²) < 4.78 is 53.9. The number of hydrogen-bond acceptors (Lipinski definition) is 16. The predicted octanol–water partition coefficient (Wildman–Crippen LogP) is 20.4. The van der Waals surface area contributed by atoms with Crippen LogP contribution in [0.5, 0.6) is 46.0 Å². The average Bonchev–Trinajstić information content (AvgIpc) is 1.04. The number of nitrogens with zero attached hydrogens (tertiary/aromatic N) is 2. The molecule has 592 valence electrons. The van der Waals surface area contributed by atoms with Crippen molar-refractivity contribution in [2.75, 3.05) is 45.9 Å². The Kier molecular flexibility index (Phi) is 19.3. The Balaban J connectivity index is 0.909. The van der Waals surface area contributed by atoms with Crippen molar-refractivity contribution < 1.29 is 66.0 Å². The number of fused-ring (bicyclic) bond motifs is 8. The van der Waals surface area contributed by atoms with Gasteiger partial charge >= 0.3 is 0 Å². The van der Waals surface area contributed by atoms with Crippen molar-refractivity contribution in [2.45, 2.75) is 110 Å². The SMILES string of the molecule is CC(C)c1ccc(Oc2cc3c4c(cc(Oc5ccc(C(C)C)cc5)c5c6c(Oc7ccc(C(C)C)cc7)cc7c8c(cc(Oc9ccc(C(C)C)cc9)c(c2c45)c86)C(=O)N(C(C(=O)NCCNC2CCO2)c2ccc4c(c2)oc2ccccc24)C7=O)C(=O)N(C(C(=O)NCCNCC2CO2)c2ccc4c(c2)oc2ccccc24)C3=O)cc1. The summed E-state index contributed by atoms with van der Waals surface area (Å²) in [6, 6.07) is 59.6. The lowest BCUT2D eigenvalue weighted by Gasteiger charge is -2.36. The third-order valence-corrected chi connectivity index (χ3v) is 23.4. The number of ether oxygens (including phenoxy) is 6. The van der Waals surface area contributed by atoms with E-state index in [4.69, 9.17) is 37.3 Å². The zero-order chi connectivity index (χ0) is 81.1. The molecule has 0 bridgehead atoms. The van der Waals surface area contributed by atoms with Gasteiger partial charge < -0.3 is 53.2 Å². The number of hydrogen-bond donors (Lipinski definition) is 4. The van der Waals surface area contributed by atoms with Crippen molar-refractivity contribution in [1.82, 2.24) is 31.1 Å². The van der Waals surface area contributed by atoms with Gasteiger partial charge in [0, 0.05) is 104 Å². The summed E-state index contributed by atoms with van der Waals surface area (Å²) in [6.07, 6.45) is 0.682. The largest absolute Gasteiger partial charge is 0.457 e. The Morgan fingerprint density at radius 3 is 1.02 bits per heavy atom. The fourth-order valence-electron chi connectivity index (χ4n) is 16.9. The first kappa shape index (κ1) is 75.1. The molecule has 2 fully saturated rings. The number of benzene rings is 13. The standard InChI is InChI=1S/C98H86N6O14/c1-51(2)55-17-27-61(28-18-55)113-78-45-70-83-71(96(108)103(95(70)107)91(93(105)101-39-38-99-49-65-50-112-65)59-25-35-68-66-13-9-11-15-74(66)117-76(68)43-59)46-79(114-62-29-19-56(20-30-62)52(3)4)86-88-81(116-64-33-23-58(24-34-64)54(7)8)48-73-84-72(47-80(87(90(84)88)85(78)89(83)86)115-63-31-21-57(22-32-63)53(5)6)97(109)104(98(73)110)92(94(106)102-41-40-100-82-37-42-111-82)60-26-36-69-67-14-10-12-16-75(67)118-77(69)44-60/h9-36,43-48,51-54,65,82,91-92,99-100H,37-42,49-50H2,1-8H3,(H,101,105)(H,102,106). The van der Waals surface area contributed by atoms with Gasteiger partial charge in [0.15, 0.2) is 0 Å². The average molecular weight is 1570 g/mol. The summed E-state index contributed by atoms with van der Waals surface area (Å²) in [5.74, 6) is -2.40. The number of para-hydroxylation sites is 2. The number of nitrogens with one attached hydrogen (secondary N) is 4. The van der Waals surface area contributed by atoms with Gasteiger partial charge in [-0.15, -0.1) is 0 Å². The second-order valence-corrected chi connectivity index (χ2v) is 32.3. The van der Waals surface area contributed by atoms with Crippen LogP contribution in [-0.2, 0) is 19.1 Å². The second kappa shape index (κ2) is 30.3. The molecular formula is C98H86N6O14. The minimum absolute atomic E-state index is 0.0178. The van der Waals surface area contributed by atoms with Gasteiger partial charge in [0.1, 0.15) is 86.6 Å². The molecular weight excluding hydrogens is 1490 g/mol. The van der Waals surface area contributed by atoms with E-state index in [0.717, 1.165) is 60.0 Å². The van der Waals surface area contributed by atoms with E-state index in [9.17, 15) is 0 Å². The van der Waals surface area contributed by atoms with E-state index in [2.05, 4.69) is 76.7 Å². The molecule has 2 saturated heterocycles. The molecule has 4 N–H and O–H groups in total. The lowest BCUT2D eigenvalue weighted by molar-refractivity contribution is -0.126. The first-order chi connectivity index (χ1) is 57.3. The molecule has 4 unspecified atom stereocenters. The summed E-state index contributed by atoms with van der Waals surface area (Å²) in [5, 5.41) is 18.0. The van der Waals surface area contributed by atoms with Gasteiger partial charge in [-0.3, -0.25) is 43.9 Å². The molecule has 6 heterocycles. The number of imide groups is 2. The van der Waals surface area contributed by atoms with E-state index in [1.165, 1.54) is 0 Å². The molecule has 0 spiro atoms. The molecule has 4 atom stereocenters. The van der Waals surface area contributed by atoms with Crippen molar-refractivity contribution in [3.63, 3.8) is 0 Å². The van der Waals surface area contributed by atoms with Crippen LogP contribution in [0.1, 0.15) is 172 Å². The maximum Gasteiger partial charge on any atom is 0.262 e. The van der Waals surface area contributed by atoms with Crippen LogP contribution in [0, 0.1) is 0 Å². The first-order valence-electron chi connectivity index (χ1n) is 40.6. The molecule has 15 aromatic rings. The molecule has 2 aromatic heterocycles. The van der Waals surface area contributed by atoms with Crippen LogP contribution in [0.15, 0.2) is 215 Å². The normalized spacial score (nSPS) is 15.9. The first-order valence-corrected chi connectivity index (χ1v) is 40.6. The highest BCUT2D eigenvalue weighted by Crippen LogP contribution is 2.59. The van der Waals surface area contributed by atoms with Crippen LogP contribution < -0.4 is 40.2 Å². The smallest absolute Gasteiger partial charge is 0.262 e. The zero-order valence-corrected chi connectivity index (χ0v) is 66.5. The molecule has 6 amide bonds. The third kappa shape index (κ3) is 13.4. The van der Waals surface area contributed by atoms with Gasteiger partial charge in [-0.2, -0.15) is 0 Å². The Hall–Kier alpha value is -13.0. The van der Waals surface area contributed by atoms with Crippen molar-refractivity contribution in [2.24, 2.45) is 0 Å². The Morgan fingerprint density at radius 2 is 0.695 bits per heavy atom. The molecule has 0 radical (unpaired) electrons. The Morgan fingerprint density at radius 1 is 0.373 bits per heavy atom. The number of furan rings is 2. The van der Waals surface area contributed by atoms with Gasteiger partial charge in [-0.05, 0) is 154 Å². The van der Waals surface area contributed by atoms with Crippen molar-refractivity contribution >= 4 is 122 Å². The van der Waals surface area contributed by atoms with Crippen LogP contribution in [0.3, 0.4) is 0 Å². The molecule has 20 nitrogen and oxygen atoms in total. The van der Waals surface area contributed by atoms with Gasteiger partial charge in [0.2, 0.25) is 11.8 Å². The molecule has 4 aliphatic heterocycles. The molecule has 13 aromatic carbocycles. The number of amides is 6. The predicted molar refractivity (Wildman–Crippen MR) is 455 cm³/mol. The molecule has 0 aliphatic carbocycles. The van der Waals surface area contributed by atoms with Gasteiger partial charge in [0.25, 0.3) is 23.6 Å². The highest BCUT2D eigenvalue weighted by molar-refractivity contribution is 6.45. The van der Waals surface area contributed by atoms with Crippen molar-refractivity contribution in [3.8, 4) is 46.0 Å². The monoisotopic (exact) mass is 1570 g/mol. The second-order valence-electron chi connectivity index (χ2n) is 32.3. The van der Waals surface area contributed by atoms with Crippen molar-refractivity contribution in [1.29, 1.82) is 0 Å². The maximum absolute atomic E-state index is 17.0. The highest BCUT2D eigenvalue weighted by atomic mass is 16.6. The van der Waals surface area contributed by atoms with E-state index in [1.54, 1.807) is 48.5 Å². The maximum atomic E-state index is 17.0. The zero-order valence-electron chi connectivity index (χ0n) is 66.5. The fraction of sp³-hybridized carbons (Fsp3) is 0.245. The Labute approximate surface area is 679 Å². The van der Waals surface area contributed by atoms with Gasteiger partial charge in [0.05, 0.1) is 41.6 Å². The van der Waals surface area contributed by atoms with E-state index in [-0.39, 0.29) is 149 Å². The van der Waals surface area contributed by atoms with Crippen LogP contribution in [0.2, 0.25) is 0 Å².